The number of carbonyl (C=O) groups is 1. The molecular formula is C24H28FN3O. The summed E-state index contributed by atoms with van der Waals surface area (Å²) in [6.45, 7) is 6.70. The molecule has 1 fully saturated rings. The van der Waals surface area contributed by atoms with Gasteiger partial charge < -0.3 is 10.7 Å². The number of aromatic nitrogens is 1. The highest BCUT2D eigenvalue weighted by molar-refractivity contribution is 6.10. The van der Waals surface area contributed by atoms with Crippen LogP contribution in [0, 0.1) is 5.82 Å². The highest BCUT2D eigenvalue weighted by atomic mass is 19.1. The number of likely N-dealkylation sites (tertiary alicyclic amines) is 1. The van der Waals surface area contributed by atoms with Gasteiger partial charge in [-0.25, -0.2) is 4.39 Å². The standard InChI is InChI=1S/C24H28FN3O/c1-3-16(2)27-12-10-17(11-13-27)22-15-28(26)23-9-6-19(14-21(22)23)24(29)18-4-7-20(25)8-5-18/h4-9,14-17H,3,10-13,26H2,1-2H3. The van der Waals surface area contributed by atoms with Gasteiger partial charge in [-0.2, -0.15) is 0 Å². The number of fused-ring (bicyclic) bond motifs is 1. The molecule has 1 atom stereocenters. The van der Waals surface area contributed by atoms with Crippen LogP contribution in [0.15, 0.2) is 48.7 Å². The minimum absolute atomic E-state index is 0.103. The van der Waals surface area contributed by atoms with Gasteiger partial charge in [-0.3, -0.25) is 9.47 Å². The summed E-state index contributed by atoms with van der Waals surface area (Å²) >= 11 is 0. The minimum Gasteiger partial charge on any atom is -0.339 e. The largest absolute Gasteiger partial charge is 0.339 e. The summed E-state index contributed by atoms with van der Waals surface area (Å²) in [6.07, 6.45) is 5.38. The van der Waals surface area contributed by atoms with Crippen molar-refractivity contribution in [2.75, 3.05) is 18.9 Å². The molecule has 0 spiro atoms. The van der Waals surface area contributed by atoms with Crippen LogP contribution in [0.4, 0.5) is 4.39 Å². The first-order valence-corrected chi connectivity index (χ1v) is 10.4. The second-order valence-electron chi connectivity index (χ2n) is 8.13. The van der Waals surface area contributed by atoms with Gasteiger partial charge in [0.05, 0.1) is 5.52 Å². The van der Waals surface area contributed by atoms with Crippen LogP contribution in [0.3, 0.4) is 0 Å². The summed E-state index contributed by atoms with van der Waals surface area (Å²) in [5.41, 5.74) is 3.25. The molecule has 1 aliphatic heterocycles. The molecule has 1 aliphatic rings. The van der Waals surface area contributed by atoms with E-state index in [-0.39, 0.29) is 11.6 Å². The van der Waals surface area contributed by atoms with Gasteiger partial charge >= 0.3 is 0 Å². The van der Waals surface area contributed by atoms with Crippen molar-refractivity contribution in [3.63, 3.8) is 0 Å². The number of hydrogen-bond donors (Lipinski definition) is 1. The maximum Gasteiger partial charge on any atom is 0.193 e. The second-order valence-corrected chi connectivity index (χ2v) is 8.13. The Labute approximate surface area is 171 Å². The number of nitrogens with zero attached hydrogens (tertiary/aromatic N) is 2. The van der Waals surface area contributed by atoms with Crippen molar-refractivity contribution in [2.45, 2.75) is 45.1 Å². The second kappa shape index (κ2) is 7.99. The van der Waals surface area contributed by atoms with E-state index in [4.69, 9.17) is 5.84 Å². The van der Waals surface area contributed by atoms with Crippen LogP contribution in [-0.2, 0) is 0 Å². The summed E-state index contributed by atoms with van der Waals surface area (Å²) in [7, 11) is 0. The number of nitrogens with two attached hydrogens (primary N) is 1. The number of nitrogen functional groups attached to an aromatic ring is 1. The topological polar surface area (TPSA) is 51.3 Å². The first-order chi connectivity index (χ1) is 14.0. The summed E-state index contributed by atoms with van der Waals surface area (Å²) in [5.74, 6) is 6.21. The molecule has 2 aromatic carbocycles. The minimum atomic E-state index is -0.344. The van der Waals surface area contributed by atoms with Gasteiger partial charge in [-0.1, -0.05) is 6.92 Å². The van der Waals surface area contributed by atoms with Gasteiger partial charge in [0.15, 0.2) is 5.78 Å². The van der Waals surface area contributed by atoms with E-state index in [1.807, 2.05) is 18.3 Å². The quantitative estimate of drug-likeness (QED) is 0.505. The highest BCUT2D eigenvalue weighted by Crippen LogP contribution is 2.35. The van der Waals surface area contributed by atoms with E-state index in [1.165, 1.54) is 36.2 Å². The van der Waals surface area contributed by atoms with Crippen molar-refractivity contribution >= 4 is 16.7 Å². The lowest BCUT2D eigenvalue weighted by Crippen LogP contribution is -2.39. The summed E-state index contributed by atoms with van der Waals surface area (Å²) in [4.78, 5) is 15.4. The van der Waals surface area contributed by atoms with E-state index in [0.29, 0.717) is 23.1 Å². The van der Waals surface area contributed by atoms with E-state index in [1.54, 1.807) is 10.7 Å². The summed E-state index contributed by atoms with van der Waals surface area (Å²) in [6, 6.07) is 12.0. The Morgan fingerprint density at radius 2 is 1.79 bits per heavy atom. The lowest BCUT2D eigenvalue weighted by atomic mass is 9.88. The molecule has 1 saturated heterocycles. The van der Waals surface area contributed by atoms with Crippen LogP contribution < -0.4 is 5.84 Å². The monoisotopic (exact) mass is 393 g/mol. The van der Waals surface area contributed by atoms with Crippen LogP contribution >= 0.6 is 0 Å². The van der Waals surface area contributed by atoms with Gasteiger partial charge in [-0.15, -0.1) is 0 Å². The van der Waals surface area contributed by atoms with Crippen molar-refractivity contribution in [2.24, 2.45) is 0 Å². The summed E-state index contributed by atoms with van der Waals surface area (Å²) < 4.78 is 14.9. The normalized spacial score (nSPS) is 16.9. The molecule has 29 heavy (non-hydrogen) atoms. The molecule has 0 bridgehead atoms. The number of halogens is 1. The Bertz CT molecular complexity index is 1020. The molecule has 4 rings (SSSR count). The lowest BCUT2D eigenvalue weighted by molar-refractivity contribution is 0.103. The van der Waals surface area contributed by atoms with Crippen LogP contribution in [0.1, 0.15) is 60.5 Å². The Morgan fingerprint density at radius 3 is 2.45 bits per heavy atom. The Hall–Kier alpha value is -2.66. The van der Waals surface area contributed by atoms with E-state index in [2.05, 4.69) is 18.7 Å². The average Bonchev–Trinajstić information content (AvgIpc) is 3.09. The molecular weight excluding hydrogens is 365 g/mol. The van der Waals surface area contributed by atoms with Crippen LogP contribution in [0.25, 0.3) is 10.9 Å². The van der Waals surface area contributed by atoms with Gasteiger partial charge in [0.1, 0.15) is 5.82 Å². The predicted molar refractivity (Wildman–Crippen MR) is 115 cm³/mol. The maximum absolute atomic E-state index is 13.2. The van der Waals surface area contributed by atoms with Crippen LogP contribution in [0.5, 0.6) is 0 Å². The molecule has 1 aromatic heterocycles. The van der Waals surface area contributed by atoms with Gasteiger partial charge in [0.25, 0.3) is 0 Å². The number of hydrogen-bond acceptors (Lipinski definition) is 3. The van der Waals surface area contributed by atoms with E-state index in [9.17, 15) is 9.18 Å². The molecule has 152 valence electrons. The zero-order valence-electron chi connectivity index (χ0n) is 17.1. The third kappa shape index (κ3) is 3.79. The van der Waals surface area contributed by atoms with E-state index >= 15 is 0 Å². The molecule has 0 saturated carbocycles. The first kappa shape index (κ1) is 19.6. The predicted octanol–water partition coefficient (Wildman–Crippen LogP) is 4.70. The number of ketones is 1. The average molecular weight is 394 g/mol. The van der Waals surface area contributed by atoms with E-state index in [0.717, 1.165) is 36.8 Å². The number of benzene rings is 2. The maximum atomic E-state index is 13.2. The zero-order chi connectivity index (χ0) is 20.5. The van der Waals surface area contributed by atoms with Crippen molar-refractivity contribution in [3.8, 4) is 0 Å². The molecule has 4 nitrogen and oxygen atoms in total. The molecule has 1 unspecified atom stereocenters. The fraction of sp³-hybridized carbons (Fsp3) is 0.375. The van der Waals surface area contributed by atoms with E-state index < -0.39 is 0 Å². The SMILES string of the molecule is CCC(C)N1CCC(c2cn(N)c3ccc(C(=O)c4ccc(F)cc4)cc23)CC1. The van der Waals surface area contributed by atoms with Gasteiger partial charge in [0.2, 0.25) is 0 Å². The van der Waals surface area contributed by atoms with Crippen LogP contribution in [-0.4, -0.2) is 34.5 Å². The molecule has 0 aliphatic carbocycles. The van der Waals surface area contributed by atoms with Gasteiger partial charge in [0, 0.05) is 28.8 Å². The van der Waals surface area contributed by atoms with Gasteiger partial charge in [-0.05, 0) is 93.2 Å². The molecule has 0 amide bonds. The lowest BCUT2D eigenvalue weighted by Gasteiger charge is -2.35. The Kier molecular flexibility index (Phi) is 5.41. The summed E-state index contributed by atoms with van der Waals surface area (Å²) in [5, 5.41) is 1.04. The molecule has 3 aromatic rings. The first-order valence-electron chi connectivity index (χ1n) is 10.4. The number of piperidine rings is 1. The van der Waals surface area contributed by atoms with Crippen molar-refractivity contribution in [1.82, 2.24) is 9.58 Å². The Balaban J connectivity index is 1.63. The number of rotatable bonds is 5. The molecule has 5 heteroatoms. The smallest absolute Gasteiger partial charge is 0.193 e. The Morgan fingerprint density at radius 1 is 1.14 bits per heavy atom. The zero-order valence-corrected chi connectivity index (χ0v) is 17.1. The van der Waals surface area contributed by atoms with Crippen molar-refractivity contribution in [1.29, 1.82) is 0 Å². The number of carbonyl (C=O) groups excluding carboxylic acids is 1. The fourth-order valence-electron chi connectivity index (χ4n) is 4.43. The van der Waals surface area contributed by atoms with Crippen molar-refractivity contribution < 1.29 is 9.18 Å². The third-order valence-corrected chi connectivity index (χ3v) is 6.42. The van der Waals surface area contributed by atoms with Crippen molar-refractivity contribution in [3.05, 3.63) is 71.2 Å². The third-order valence-electron chi connectivity index (χ3n) is 6.42. The van der Waals surface area contributed by atoms with Crippen LogP contribution in [0.2, 0.25) is 0 Å². The molecule has 2 N–H and O–H groups in total. The highest BCUT2D eigenvalue weighted by Gasteiger charge is 2.26. The molecule has 2 heterocycles. The molecule has 0 radical (unpaired) electrons. The fourth-order valence-corrected chi connectivity index (χ4v) is 4.43.